The molecule has 32 heavy (non-hydrogen) atoms. The Morgan fingerprint density at radius 1 is 1.34 bits per heavy atom. The predicted octanol–water partition coefficient (Wildman–Crippen LogP) is 6.07. The molecule has 1 heterocycles. The van der Waals surface area contributed by atoms with Crippen molar-refractivity contribution in [1.29, 1.82) is 0 Å². The molecule has 0 fully saturated rings. The first-order valence-electron chi connectivity index (χ1n) is 11.6. The molecular formula is C25H36N2O4S. The van der Waals surface area contributed by atoms with E-state index in [1.54, 1.807) is 17.8 Å². The lowest BCUT2D eigenvalue weighted by atomic mass is 9.78. The molecule has 1 aliphatic carbocycles. The number of phenolic OH excluding ortho intramolecular Hbond substituents is 1. The van der Waals surface area contributed by atoms with Crippen LogP contribution in [0.15, 0.2) is 33.8 Å². The van der Waals surface area contributed by atoms with Crippen LogP contribution in [0.25, 0.3) is 0 Å². The molecule has 1 aliphatic heterocycles. The van der Waals surface area contributed by atoms with Gasteiger partial charge in [-0.15, -0.1) is 11.8 Å². The number of hydrogen-bond acceptors (Lipinski definition) is 6. The Morgan fingerprint density at radius 2 is 2.12 bits per heavy atom. The number of fused-ring (bicyclic) bond motifs is 1. The number of phenols is 1. The van der Waals surface area contributed by atoms with E-state index in [0.717, 1.165) is 42.0 Å². The fourth-order valence-corrected chi connectivity index (χ4v) is 5.33. The number of rotatable bonds is 10. The van der Waals surface area contributed by atoms with Crippen molar-refractivity contribution >= 4 is 29.1 Å². The third kappa shape index (κ3) is 6.21. The molecule has 3 rings (SSSR count). The number of aromatic hydroxyl groups is 1. The van der Waals surface area contributed by atoms with Crippen LogP contribution in [0.3, 0.4) is 0 Å². The average Bonchev–Trinajstić information content (AvgIpc) is 2.74. The number of hydrogen-bond donors (Lipinski definition) is 3. The number of aliphatic imine (C=N–C) groups is 1. The highest BCUT2D eigenvalue weighted by atomic mass is 32.2. The third-order valence-corrected chi connectivity index (χ3v) is 7.36. The molecule has 0 radical (unpaired) electrons. The molecular weight excluding hydrogens is 424 g/mol. The van der Waals surface area contributed by atoms with Gasteiger partial charge in [0.25, 0.3) is 0 Å². The van der Waals surface area contributed by atoms with Gasteiger partial charge in [-0.2, -0.15) is 0 Å². The highest BCUT2D eigenvalue weighted by molar-refractivity contribution is 8.04. The molecule has 0 aromatic heterocycles. The summed E-state index contributed by atoms with van der Waals surface area (Å²) in [6.07, 6.45) is 6.20. The average molecular weight is 461 g/mol. The topological polar surface area (TPSA) is 91.2 Å². The number of allylic oxidation sites excluding steroid dienone is 2. The van der Waals surface area contributed by atoms with E-state index in [9.17, 15) is 15.0 Å². The van der Waals surface area contributed by atoms with Gasteiger partial charge in [0.1, 0.15) is 11.5 Å². The van der Waals surface area contributed by atoms with Gasteiger partial charge in [-0.3, -0.25) is 4.99 Å². The van der Waals surface area contributed by atoms with E-state index < -0.39 is 12.0 Å². The Kier molecular flexibility index (Phi) is 8.15. The maximum atomic E-state index is 11.4. The fourth-order valence-electron chi connectivity index (χ4n) is 4.20. The summed E-state index contributed by atoms with van der Waals surface area (Å²) in [4.78, 5) is 16.9. The van der Waals surface area contributed by atoms with Crippen molar-refractivity contribution in [3.8, 4) is 11.5 Å². The lowest BCUT2D eigenvalue weighted by Gasteiger charge is -2.36. The van der Waals surface area contributed by atoms with E-state index in [0.29, 0.717) is 29.7 Å². The number of thioether (sulfide) groups is 1. The van der Waals surface area contributed by atoms with Crippen LogP contribution in [0.1, 0.15) is 66.2 Å². The van der Waals surface area contributed by atoms with Gasteiger partial charge >= 0.3 is 5.97 Å². The Labute approximate surface area is 195 Å². The number of carbonyl (C=O) groups is 1. The highest BCUT2D eigenvalue weighted by Crippen LogP contribution is 2.44. The molecule has 2 unspecified atom stereocenters. The Balaban J connectivity index is 1.74. The first-order valence-corrected chi connectivity index (χ1v) is 12.6. The van der Waals surface area contributed by atoms with Crippen molar-refractivity contribution in [2.24, 2.45) is 16.3 Å². The zero-order valence-corrected chi connectivity index (χ0v) is 20.4. The van der Waals surface area contributed by atoms with Crippen molar-refractivity contribution in [3.05, 3.63) is 28.8 Å². The summed E-state index contributed by atoms with van der Waals surface area (Å²) in [5, 5.41) is 23.4. The molecule has 3 N–H and O–H groups in total. The van der Waals surface area contributed by atoms with Crippen molar-refractivity contribution in [3.63, 3.8) is 0 Å². The SMILES string of the molecule is CCCCC(CC)COc1ccc(NC2=C3SCC(C(=O)O)N=C3CC(C)(C)C2)c(O)c1. The number of benzene rings is 1. The van der Waals surface area contributed by atoms with Gasteiger partial charge in [-0.05, 0) is 42.7 Å². The van der Waals surface area contributed by atoms with Crippen LogP contribution in [-0.4, -0.2) is 40.3 Å². The number of unbranched alkanes of at least 4 members (excludes halogenated alkanes) is 1. The van der Waals surface area contributed by atoms with Crippen LogP contribution >= 0.6 is 11.8 Å². The standard InChI is InChI=1S/C25H36N2O4S/c1-5-7-8-16(6-2)14-31-17-9-10-18(22(28)11-17)26-19-12-25(3,4)13-20-23(19)32-15-21(27-20)24(29)30/h9-11,16,21,26,28H,5-8,12-15H2,1-4H3,(H,29,30). The van der Waals surface area contributed by atoms with E-state index >= 15 is 0 Å². The summed E-state index contributed by atoms with van der Waals surface area (Å²) in [6, 6.07) is 4.70. The molecule has 7 heteroatoms. The van der Waals surface area contributed by atoms with Crippen molar-refractivity contribution in [2.75, 3.05) is 17.7 Å². The summed E-state index contributed by atoms with van der Waals surface area (Å²) in [6.45, 7) is 9.36. The minimum atomic E-state index is -0.879. The monoisotopic (exact) mass is 460 g/mol. The van der Waals surface area contributed by atoms with Gasteiger partial charge in [0, 0.05) is 22.4 Å². The first kappa shape index (κ1) is 24.5. The molecule has 0 saturated carbocycles. The fraction of sp³-hybridized carbons (Fsp3) is 0.600. The van der Waals surface area contributed by atoms with Crippen molar-refractivity contribution < 1.29 is 19.7 Å². The number of carboxylic acid groups (broad SMARTS) is 1. The van der Waals surface area contributed by atoms with E-state index in [1.165, 1.54) is 12.8 Å². The first-order chi connectivity index (χ1) is 15.2. The molecule has 2 atom stereocenters. The maximum absolute atomic E-state index is 11.4. The summed E-state index contributed by atoms with van der Waals surface area (Å²) >= 11 is 1.54. The molecule has 176 valence electrons. The maximum Gasteiger partial charge on any atom is 0.329 e. The zero-order chi connectivity index (χ0) is 23.3. The molecule has 0 saturated heterocycles. The van der Waals surface area contributed by atoms with Crippen LogP contribution in [-0.2, 0) is 4.79 Å². The van der Waals surface area contributed by atoms with Gasteiger partial charge in [0.05, 0.1) is 18.0 Å². The number of nitrogens with one attached hydrogen (secondary N) is 1. The van der Waals surface area contributed by atoms with Crippen LogP contribution in [0.5, 0.6) is 11.5 Å². The van der Waals surface area contributed by atoms with Gasteiger partial charge in [-0.25, -0.2) is 4.79 Å². The Morgan fingerprint density at radius 3 is 2.78 bits per heavy atom. The molecule has 1 aromatic carbocycles. The van der Waals surface area contributed by atoms with Crippen LogP contribution < -0.4 is 10.1 Å². The van der Waals surface area contributed by atoms with E-state index in [2.05, 4.69) is 38.0 Å². The zero-order valence-electron chi connectivity index (χ0n) is 19.6. The quantitative estimate of drug-likeness (QED) is 0.367. The van der Waals surface area contributed by atoms with Gasteiger partial charge in [0.15, 0.2) is 6.04 Å². The van der Waals surface area contributed by atoms with Crippen LogP contribution in [0.4, 0.5) is 5.69 Å². The minimum absolute atomic E-state index is 0.0437. The van der Waals surface area contributed by atoms with E-state index in [4.69, 9.17) is 4.74 Å². The summed E-state index contributed by atoms with van der Waals surface area (Å²) in [5.74, 6) is 0.887. The predicted molar refractivity (Wildman–Crippen MR) is 132 cm³/mol. The second kappa shape index (κ2) is 10.6. The molecule has 1 aromatic rings. The van der Waals surface area contributed by atoms with Crippen LogP contribution in [0, 0.1) is 11.3 Å². The Bertz CT molecular complexity index is 894. The number of nitrogens with zero attached hydrogens (tertiary/aromatic N) is 1. The molecule has 6 nitrogen and oxygen atoms in total. The lowest BCUT2D eigenvalue weighted by Crippen LogP contribution is -2.34. The molecule has 0 amide bonds. The molecule has 2 aliphatic rings. The molecule has 0 bridgehead atoms. The smallest absolute Gasteiger partial charge is 0.329 e. The summed E-state index contributed by atoms with van der Waals surface area (Å²) in [5.41, 5.74) is 2.42. The highest BCUT2D eigenvalue weighted by Gasteiger charge is 2.36. The van der Waals surface area contributed by atoms with Crippen molar-refractivity contribution in [2.45, 2.75) is 72.3 Å². The summed E-state index contributed by atoms with van der Waals surface area (Å²) in [7, 11) is 0. The van der Waals surface area contributed by atoms with Gasteiger partial charge in [-0.1, -0.05) is 47.0 Å². The number of aliphatic carboxylic acids is 1. The second-order valence-corrected chi connectivity index (χ2v) is 10.6. The minimum Gasteiger partial charge on any atom is -0.506 e. The number of anilines is 1. The summed E-state index contributed by atoms with van der Waals surface area (Å²) < 4.78 is 5.96. The van der Waals surface area contributed by atoms with E-state index in [-0.39, 0.29) is 11.2 Å². The Hall–Kier alpha value is -2.15. The number of ether oxygens (including phenoxy) is 1. The normalized spacial score (nSPS) is 20.9. The lowest BCUT2D eigenvalue weighted by molar-refractivity contribution is -0.137. The van der Waals surface area contributed by atoms with Gasteiger partial charge in [0.2, 0.25) is 0 Å². The molecule has 0 spiro atoms. The largest absolute Gasteiger partial charge is 0.506 e. The van der Waals surface area contributed by atoms with Crippen molar-refractivity contribution in [1.82, 2.24) is 0 Å². The van der Waals surface area contributed by atoms with E-state index in [1.807, 2.05) is 12.1 Å². The van der Waals surface area contributed by atoms with Gasteiger partial charge < -0.3 is 20.3 Å². The third-order valence-electron chi connectivity index (χ3n) is 6.10. The van der Waals surface area contributed by atoms with Crippen LogP contribution in [0.2, 0.25) is 0 Å². The second-order valence-electron chi connectivity index (χ2n) is 9.60. The number of carboxylic acids is 1.